The monoisotopic (exact) mass is 204 g/mol. The first-order valence-electron chi connectivity index (χ1n) is 5.74. The molecule has 2 atom stereocenters. The fourth-order valence-corrected chi connectivity index (χ4v) is 2.13. The average molecular weight is 204 g/mol. The standard InChI is InChI=1S/C14H20O/c1-14(2,3)12-9-13(15-10-12)11-7-5-4-6-8-11/h4-8,12-13H,9-10H2,1-3H3. The minimum atomic E-state index is 0.315. The molecule has 1 aliphatic rings. The molecule has 0 N–H and O–H groups in total. The molecule has 1 aliphatic heterocycles. The van der Waals surface area contributed by atoms with Gasteiger partial charge in [0.05, 0.1) is 12.7 Å². The molecule has 1 aromatic carbocycles. The molecule has 2 rings (SSSR count). The zero-order chi connectivity index (χ0) is 10.9. The zero-order valence-corrected chi connectivity index (χ0v) is 9.86. The molecule has 1 heteroatoms. The fourth-order valence-electron chi connectivity index (χ4n) is 2.13. The Morgan fingerprint density at radius 3 is 2.33 bits per heavy atom. The van der Waals surface area contributed by atoms with Crippen LogP contribution < -0.4 is 0 Å². The highest BCUT2D eigenvalue weighted by atomic mass is 16.5. The second-order valence-electron chi connectivity index (χ2n) is 5.53. The van der Waals surface area contributed by atoms with Crippen molar-refractivity contribution in [3.8, 4) is 0 Å². The molecule has 0 aromatic heterocycles. The summed E-state index contributed by atoms with van der Waals surface area (Å²) in [6.07, 6.45) is 1.48. The van der Waals surface area contributed by atoms with E-state index in [1.807, 2.05) is 0 Å². The molecular weight excluding hydrogens is 184 g/mol. The van der Waals surface area contributed by atoms with Gasteiger partial charge in [-0.2, -0.15) is 0 Å². The van der Waals surface area contributed by atoms with Gasteiger partial charge in [0.25, 0.3) is 0 Å². The van der Waals surface area contributed by atoms with Crippen LogP contribution in [0, 0.1) is 11.3 Å². The lowest BCUT2D eigenvalue weighted by atomic mass is 9.79. The van der Waals surface area contributed by atoms with Crippen molar-refractivity contribution in [1.82, 2.24) is 0 Å². The molecule has 0 amide bonds. The van der Waals surface area contributed by atoms with E-state index in [9.17, 15) is 0 Å². The maximum atomic E-state index is 5.88. The summed E-state index contributed by atoms with van der Waals surface area (Å²) in [5.74, 6) is 0.683. The molecule has 1 nitrogen and oxygen atoms in total. The van der Waals surface area contributed by atoms with Crippen molar-refractivity contribution >= 4 is 0 Å². The number of ether oxygens (including phenoxy) is 1. The summed E-state index contributed by atoms with van der Waals surface area (Å²) in [6, 6.07) is 10.6. The van der Waals surface area contributed by atoms with Gasteiger partial charge in [-0.1, -0.05) is 51.1 Å². The summed E-state index contributed by atoms with van der Waals surface area (Å²) in [4.78, 5) is 0. The quantitative estimate of drug-likeness (QED) is 0.676. The maximum absolute atomic E-state index is 5.88. The Kier molecular flexibility index (Phi) is 2.83. The van der Waals surface area contributed by atoms with E-state index in [0.717, 1.165) is 13.0 Å². The number of rotatable bonds is 1. The summed E-state index contributed by atoms with van der Waals surface area (Å²) >= 11 is 0. The van der Waals surface area contributed by atoms with Crippen LogP contribution in [0.4, 0.5) is 0 Å². The van der Waals surface area contributed by atoms with E-state index in [1.165, 1.54) is 5.56 Å². The third kappa shape index (κ3) is 2.40. The molecule has 1 heterocycles. The van der Waals surface area contributed by atoms with Gasteiger partial charge in [-0.3, -0.25) is 0 Å². The Morgan fingerprint density at radius 1 is 1.13 bits per heavy atom. The summed E-state index contributed by atoms with van der Waals surface area (Å²) in [5.41, 5.74) is 1.69. The van der Waals surface area contributed by atoms with Crippen molar-refractivity contribution in [3.05, 3.63) is 35.9 Å². The average Bonchev–Trinajstić information content (AvgIpc) is 2.67. The summed E-state index contributed by atoms with van der Waals surface area (Å²) in [7, 11) is 0. The Morgan fingerprint density at radius 2 is 1.80 bits per heavy atom. The molecule has 0 aliphatic carbocycles. The molecule has 0 saturated carbocycles. The van der Waals surface area contributed by atoms with Crippen LogP contribution in [0.3, 0.4) is 0 Å². The lowest BCUT2D eigenvalue weighted by Gasteiger charge is -2.25. The minimum Gasteiger partial charge on any atom is -0.373 e. The van der Waals surface area contributed by atoms with E-state index in [4.69, 9.17) is 4.74 Å². The highest BCUT2D eigenvalue weighted by Crippen LogP contribution is 2.41. The zero-order valence-electron chi connectivity index (χ0n) is 9.86. The largest absolute Gasteiger partial charge is 0.373 e. The summed E-state index contributed by atoms with van der Waals surface area (Å²) in [5, 5.41) is 0. The summed E-state index contributed by atoms with van der Waals surface area (Å²) in [6.45, 7) is 7.81. The predicted molar refractivity (Wildman–Crippen MR) is 62.7 cm³/mol. The van der Waals surface area contributed by atoms with E-state index < -0.39 is 0 Å². The topological polar surface area (TPSA) is 9.23 Å². The Labute approximate surface area is 92.5 Å². The molecule has 0 radical (unpaired) electrons. The van der Waals surface area contributed by atoms with Crippen LogP contribution in [0.15, 0.2) is 30.3 Å². The Hall–Kier alpha value is -0.820. The van der Waals surface area contributed by atoms with Crippen molar-refractivity contribution in [3.63, 3.8) is 0 Å². The van der Waals surface area contributed by atoms with Gasteiger partial charge in [-0.15, -0.1) is 0 Å². The molecule has 0 spiro atoms. The first-order chi connectivity index (χ1) is 7.07. The Balaban J connectivity index is 2.05. The Bertz CT molecular complexity index is 310. The fraction of sp³-hybridized carbons (Fsp3) is 0.571. The van der Waals surface area contributed by atoms with E-state index in [-0.39, 0.29) is 0 Å². The second kappa shape index (κ2) is 3.97. The summed E-state index contributed by atoms with van der Waals surface area (Å²) < 4.78 is 5.88. The van der Waals surface area contributed by atoms with Crippen LogP contribution in [0.25, 0.3) is 0 Å². The van der Waals surface area contributed by atoms with Crippen molar-refractivity contribution in [1.29, 1.82) is 0 Å². The first-order valence-corrected chi connectivity index (χ1v) is 5.74. The highest BCUT2D eigenvalue weighted by Gasteiger charge is 2.34. The van der Waals surface area contributed by atoms with Crippen LogP contribution in [0.2, 0.25) is 0 Å². The van der Waals surface area contributed by atoms with Crippen LogP contribution in [-0.4, -0.2) is 6.61 Å². The van der Waals surface area contributed by atoms with E-state index in [0.29, 0.717) is 17.4 Å². The molecule has 82 valence electrons. The smallest absolute Gasteiger partial charge is 0.0828 e. The normalized spacial score (nSPS) is 26.9. The molecule has 0 bridgehead atoms. The molecule has 2 unspecified atom stereocenters. The number of benzene rings is 1. The van der Waals surface area contributed by atoms with Crippen LogP contribution in [-0.2, 0) is 4.74 Å². The van der Waals surface area contributed by atoms with Crippen LogP contribution in [0.1, 0.15) is 38.9 Å². The predicted octanol–water partition coefficient (Wildman–Crippen LogP) is 3.81. The van der Waals surface area contributed by atoms with Gasteiger partial charge >= 0.3 is 0 Å². The third-order valence-corrected chi connectivity index (χ3v) is 3.39. The molecule has 15 heavy (non-hydrogen) atoms. The van der Waals surface area contributed by atoms with Crippen molar-refractivity contribution < 1.29 is 4.74 Å². The van der Waals surface area contributed by atoms with E-state index in [2.05, 4.69) is 51.1 Å². The van der Waals surface area contributed by atoms with E-state index >= 15 is 0 Å². The van der Waals surface area contributed by atoms with Gasteiger partial charge in [0.2, 0.25) is 0 Å². The molecule has 1 aromatic rings. The lowest BCUT2D eigenvalue weighted by molar-refractivity contribution is 0.0971. The van der Waals surface area contributed by atoms with Gasteiger partial charge in [0, 0.05) is 0 Å². The number of hydrogen-bond donors (Lipinski definition) is 0. The van der Waals surface area contributed by atoms with Crippen LogP contribution >= 0.6 is 0 Å². The highest BCUT2D eigenvalue weighted by molar-refractivity contribution is 5.18. The SMILES string of the molecule is CC(C)(C)C1COC(c2ccccc2)C1. The minimum absolute atomic E-state index is 0.315. The van der Waals surface area contributed by atoms with Gasteiger partial charge < -0.3 is 4.74 Å². The molecule has 1 fully saturated rings. The third-order valence-electron chi connectivity index (χ3n) is 3.39. The molecular formula is C14H20O. The maximum Gasteiger partial charge on any atom is 0.0828 e. The van der Waals surface area contributed by atoms with Crippen molar-refractivity contribution in [2.45, 2.75) is 33.3 Å². The van der Waals surface area contributed by atoms with Crippen molar-refractivity contribution in [2.24, 2.45) is 11.3 Å². The number of hydrogen-bond acceptors (Lipinski definition) is 1. The van der Waals surface area contributed by atoms with Gasteiger partial charge in [-0.25, -0.2) is 0 Å². The van der Waals surface area contributed by atoms with E-state index in [1.54, 1.807) is 0 Å². The van der Waals surface area contributed by atoms with Crippen LogP contribution in [0.5, 0.6) is 0 Å². The molecule has 1 saturated heterocycles. The second-order valence-corrected chi connectivity index (χ2v) is 5.53. The first kappa shape index (κ1) is 10.7. The van der Waals surface area contributed by atoms with Gasteiger partial charge in [-0.05, 0) is 23.3 Å². The lowest BCUT2D eigenvalue weighted by Crippen LogP contribution is -2.20. The van der Waals surface area contributed by atoms with Crippen molar-refractivity contribution in [2.75, 3.05) is 6.61 Å². The van der Waals surface area contributed by atoms with Gasteiger partial charge in [0.1, 0.15) is 0 Å². The van der Waals surface area contributed by atoms with Gasteiger partial charge in [0.15, 0.2) is 0 Å².